The Kier molecular flexibility index (Phi) is 4.89. The van der Waals surface area contributed by atoms with E-state index in [1.165, 1.54) is 10.8 Å². The summed E-state index contributed by atoms with van der Waals surface area (Å²) in [7, 11) is 0. The zero-order chi connectivity index (χ0) is 18.6. The second-order valence-corrected chi connectivity index (χ2v) is 6.50. The van der Waals surface area contributed by atoms with Gasteiger partial charge in [0, 0.05) is 30.1 Å². The molecule has 6 heteroatoms. The van der Waals surface area contributed by atoms with Crippen molar-refractivity contribution in [2.24, 2.45) is 0 Å². The van der Waals surface area contributed by atoms with Crippen LogP contribution in [-0.2, 0) is 6.54 Å². The number of hydrogen-bond acceptors (Lipinski definition) is 6. The van der Waals surface area contributed by atoms with Gasteiger partial charge >= 0.3 is 0 Å². The van der Waals surface area contributed by atoms with E-state index in [0.29, 0.717) is 18.3 Å². The molecule has 6 nitrogen and oxygen atoms in total. The Hall–Kier alpha value is -3.12. The van der Waals surface area contributed by atoms with E-state index in [4.69, 9.17) is 4.52 Å². The zero-order valence-corrected chi connectivity index (χ0v) is 15.4. The molecular formula is C21H21N5O. The second-order valence-electron chi connectivity index (χ2n) is 6.50. The summed E-state index contributed by atoms with van der Waals surface area (Å²) in [5.41, 5.74) is 2.02. The Balaban J connectivity index is 1.46. The average Bonchev–Trinajstić information content (AvgIpc) is 3.15. The Labute approximate surface area is 157 Å². The molecule has 0 radical (unpaired) electrons. The van der Waals surface area contributed by atoms with Crippen molar-refractivity contribution in [2.75, 3.05) is 0 Å². The molecular weight excluding hydrogens is 338 g/mol. The van der Waals surface area contributed by atoms with E-state index >= 15 is 0 Å². The van der Waals surface area contributed by atoms with E-state index in [1.54, 1.807) is 0 Å². The Bertz CT molecular complexity index is 1040. The first-order chi connectivity index (χ1) is 13.2. The van der Waals surface area contributed by atoms with Gasteiger partial charge in [-0.3, -0.25) is 0 Å². The molecule has 0 unspecified atom stereocenters. The first kappa shape index (κ1) is 17.3. The molecule has 0 aliphatic rings. The highest BCUT2D eigenvalue weighted by atomic mass is 16.5. The topological polar surface area (TPSA) is 76.7 Å². The van der Waals surface area contributed by atoms with Crippen LogP contribution in [0.2, 0.25) is 0 Å². The molecule has 1 N–H and O–H groups in total. The lowest BCUT2D eigenvalue weighted by atomic mass is 10.1. The summed E-state index contributed by atoms with van der Waals surface area (Å²) < 4.78 is 5.26. The molecule has 2 aromatic heterocycles. The van der Waals surface area contributed by atoms with Crippen molar-refractivity contribution in [3.05, 3.63) is 72.1 Å². The van der Waals surface area contributed by atoms with Crippen LogP contribution in [0.1, 0.15) is 36.7 Å². The highest BCUT2D eigenvalue weighted by Gasteiger charge is 2.15. The minimum Gasteiger partial charge on any atom is -0.338 e. The number of hydrogen-bond donors (Lipinski definition) is 1. The number of fused-ring (bicyclic) bond motifs is 1. The molecule has 136 valence electrons. The molecule has 2 heterocycles. The molecule has 0 aliphatic carbocycles. The summed E-state index contributed by atoms with van der Waals surface area (Å²) in [6.07, 6.45) is 4.57. The van der Waals surface area contributed by atoms with Crippen molar-refractivity contribution in [1.82, 2.24) is 25.4 Å². The van der Waals surface area contributed by atoms with Gasteiger partial charge < -0.3 is 9.84 Å². The van der Waals surface area contributed by atoms with Crippen LogP contribution in [0.25, 0.3) is 22.2 Å². The number of benzene rings is 2. The molecule has 0 bridgehead atoms. The number of aryl methyl sites for hydroxylation is 1. The maximum atomic E-state index is 5.26. The molecule has 0 fully saturated rings. The lowest BCUT2D eigenvalue weighted by molar-refractivity contribution is 0.323. The van der Waals surface area contributed by atoms with Gasteiger partial charge in [0.15, 0.2) is 11.6 Å². The lowest BCUT2D eigenvalue weighted by Crippen LogP contribution is -2.20. The van der Waals surface area contributed by atoms with Gasteiger partial charge in [0.05, 0.1) is 6.04 Å². The van der Waals surface area contributed by atoms with Crippen LogP contribution in [0.4, 0.5) is 0 Å². The minimum absolute atomic E-state index is 0.0198. The van der Waals surface area contributed by atoms with Crippen LogP contribution < -0.4 is 5.32 Å². The summed E-state index contributed by atoms with van der Waals surface area (Å²) in [5.74, 6) is 1.99. The fraction of sp³-hybridized carbons (Fsp3) is 0.238. The van der Waals surface area contributed by atoms with Gasteiger partial charge in [-0.1, -0.05) is 48.5 Å². The fourth-order valence-corrected chi connectivity index (χ4v) is 3.03. The molecule has 0 amide bonds. The van der Waals surface area contributed by atoms with Crippen LogP contribution >= 0.6 is 0 Å². The number of rotatable bonds is 6. The average molecular weight is 359 g/mol. The van der Waals surface area contributed by atoms with Gasteiger partial charge in [0.1, 0.15) is 0 Å². The van der Waals surface area contributed by atoms with Gasteiger partial charge in [-0.2, -0.15) is 4.98 Å². The predicted octanol–water partition coefficient (Wildman–Crippen LogP) is 4.23. The van der Waals surface area contributed by atoms with E-state index in [-0.39, 0.29) is 6.04 Å². The maximum absolute atomic E-state index is 5.26. The van der Waals surface area contributed by atoms with Crippen molar-refractivity contribution in [3.63, 3.8) is 0 Å². The van der Waals surface area contributed by atoms with Crippen LogP contribution in [0, 0.1) is 6.92 Å². The first-order valence-corrected chi connectivity index (χ1v) is 9.06. The standard InChI is InChI=1S/C21H21N5O/c1-3-19(21-25-14(2)26-27-21)22-11-15-12-23-20(24-13-15)18-9-8-16-6-4-5-7-17(16)10-18/h4-10,12-13,19,22H,3,11H2,1-2H3/t19-/m1/s1. The van der Waals surface area contributed by atoms with Crippen LogP contribution in [-0.4, -0.2) is 20.1 Å². The third-order valence-corrected chi connectivity index (χ3v) is 4.52. The highest BCUT2D eigenvalue weighted by Crippen LogP contribution is 2.22. The van der Waals surface area contributed by atoms with Crippen molar-refractivity contribution in [3.8, 4) is 11.4 Å². The van der Waals surface area contributed by atoms with Gasteiger partial charge in [-0.15, -0.1) is 0 Å². The Morgan fingerprint density at radius 3 is 2.52 bits per heavy atom. The lowest BCUT2D eigenvalue weighted by Gasteiger charge is -2.12. The largest absolute Gasteiger partial charge is 0.338 e. The first-order valence-electron chi connectivity index (χ1n) is 9.06. The molecule has 0 saturated heterocycles. The van der Waals surface area contributed by atoms with Gasteiger partial charge in [0.2, 0.25) is 5.89 Å². The van der Waals surface area contributed by atoms with Crippen LogP contribution in [0.3, 0.4) is 0 Å². The van der Waals surface area contributed by atoms with E-state index in [9.17, 15) is 0 Å². The molecule has 4 aromatic rings. The van der Waals surface area contributed by atoms with Crippen LogP contribution in [0.15, 0.2) is 59.4 Å². The van der Waals surface area contributed by atoms with Gasteiger partial charge in [-0.05, 0) is 30.2 Å². The Morgan fingerprint density at radius 1 is 1.04 bits per heavy atom. The zero-order valence-electron chi connectivity index (χ0n) is 15.4. The van der Waals surface area contributed by atoms with Crippen molar-refractivity contribution in [2.45, 2.75) is 32.9 Å². The molecule has 4 rings (SSSR count). The predicted molar refractivity (Wildman–Crippen MR) is 104 cm³/mol. The summed E-state index contributed by atoms with van der Waals surface area (Å²) in [6.45, 7) is 4.54. The SMILES string of the molecule is CC[C@@H](NCc1cnc(-c2ccc3ccccc3c2)nc1)c1nc(C)no1. The Morgan fingerprint density at radius 2 is 1.81 bits per heavy atom. The second kappa shape index (κ2) is 7.63. The van der Waals surface area contributed by atoms with Crippen molar-refractivity contribution >= 4 is 10.8 Å². The normalized spacial score (nSPS) is 12.4. The minimum atomic E-state index is 0.0198. The molecule has 0 saturated carbocycles. The number of aromatic nitrogens is 4. The van der Waals surface area contributed by atoms with Crippen molar-refractivity contribution < 1.29 is 4.52 Å². The van der Waals surface area contributed by atoms with Crippen LogP contribution in [0.5, 0.6) is 0 Å². The van der Waals surface area contributed by atoms with Gasteiger partial charge in [-0.25, -0.2) is 9.97 Å². The molecule has 0 spiro atoms. The third-order valence-electron chi connectivity index (χ3n) is 4.52. The highest BCUT2D eigenvalue weighted by molar-refractivity contribution is 5.86. The van der Waals surface area contributed by atoms with E-state index < -0.39 is 0 Å². The molecule has 1 atom stereocenters. The monoisotopic (exact) mass is 359 g/mol. The van der Waals surface area contributed by atoms with E-state index in [0.717, 1.165) is 23.4 Å². The molecule has 2 aromatic carbocycles. The quantitative estimate of drug-likeness (QED) is 0.555. The molecule has 27 heavy (non-hydrogen) atoms. The smallest absolute Gasteiger partial charge is 0.243 e. The summed E-state index contributed by atoms with van der Waals surface area (Å²) in [5, 5.41) is 9.68. The summed E-state index contributed by atoms with van der Waals surface area (Å²) in [4.78, 5) is 13.4. The molecule has 0 aliphatic heterocycles. The van der Waals surface area contributed by atoms with Crippen molar-refractivity contribution in [1.29, 1.82) is 0 Å². The summed E-state index contributed by atoms with van der Waals surface area (Å²) in [6, 6.07) is 14.6. The number of nitrogens with zero attached hydrogens (tertiary/aromatic N) is 4. The third kappa shape index (κ3) is 3.85. The van der Waals surface area contributed by atoms with E-state index in [1.807, 2.05) is 31.5 Å². The van der Waals surface area contributed by atoms with Gasteiger partial charge in [0.25, 0.3) is 0 Å². The number of nitrogens with one attached hydrogen (secondary N) is 1. The fourth-order valence-electron chi connectivity index (χ4n) is 3.03. The maximum Gasteiger partial charge on any atom is 0.243 e. The summed E-state index contributed by atoms with van der Waals surface area (Å²) >= 11 is 0. The van der Waals surface area contributed by atoms with E-state index in [2.05, 4.69) is 62.7 Å².